The summed E-state index contributed by atoms with van der Waals surface area (Å²) in [5, 5.41) is 19.4. The molecule has 5 N–H and O–H groups in total. The standard InChI is InChI=1S/C17H18N2O10/c18-10(7-15(26)27)17(29)19-11(3-4-14(24)25)16(28)9(8-21)6-13(23)12(22)2-1-5-20/h6,10-11H,1-4,7,18H2,(H,19,29)(H,24,25)(H,26,27)/b9-6-/t10-,11-/m0/s1. The number of Topliss-reactive ketones (excluding diaryl/α,β-unsaturated/α-hetero) is 2. The highest BCUT2D eigenvalue weighted by Crippen LogP contribution is 2.07. The fourth-order valence-corrected chi connectivity index (χ4v) is 1.93. The summed E-state index contributed by atoms with van der Waals surface area (Å²) in [6.45, 7) is 0. The van der Waals surface area contributed by atoms with Crippen molar-refractivity contribution in [2.24, 2.45) is 5.73 Å². The Morgan fingerprint density at radius 3 is 2.10 bits per heavy atom. The number of nitrogens with one attached hydrogen (secondary N) is 1. The van der Waals surface area contributed by atoms with Crippen molar-refractivity contribution in [2.75, 3.05) is 0 Å². The molecule has 0 heterocycles. The molecule has 0 saturated heterocycles. The number of rotatable bonds is 15. The predicted octanol–water partition coefficient (Wildman–Crippen LogP) is -2.23. The van der Waals surface area contributed by atoms with Crippen LogP contribution in [-0.2, 0) is 38.4 Å². The summed E-state index contributed by atoms with van der Waals surface area (Å²) in [7, 11) is 0. The molecule has 0 rings (SSSR count). The lowest BCUT2D eigenvalue weighted by molar-refractivity contribution is -0.139. The zero-order valence-corrected chi connectivity index (χ0v) is 15.0. The zero-order chi connectivity index (χ0) is 22.6. The minimum atomic E-state index is -1.64. The van der Waals surface area contributed by atoms with Gasteiger partial charge in [0.2, 0.25) is 23.8 Å². The molecule has 0 aliphatic heterocycles. The number of carboxylic acids is 2. The summed E-state index contributed by atoms with van der Waals surface area (Å²) in [6.07, 6.45) is 0.0950. The Morgan fingerprint density at radius 2 is 1.62 bits per heavy atom. The van der Waals surface area contributed by atoms with Gasteiger partial charge in [-0.3, -0.25) is 38.4 Å². The van der Waals surface area contributed by atoms with Crippen LogP contribution in [0.1, 0.15) is 32.1 Å². The Labute approximate surface area is 164 Å². The highest BCUT2D eigenvalue weighted by molar-refractivity contribution is 6.43. The second-order valence-corrected chi connectivity index (χ2v) is 5.65. The molecular formula is C17H18N2O10. The highest BCUT2D eigenvalue weighted by Gasteiger charge is 2.28. The topological polar surface area (TPSA) is 215 Å². The van der Waals surface area contributed by atoms with E-state index in [-0.39, 0.29) is 6.42 Å². The Hall–Kier alpha value is -3.54. The molecule has 156 valence electrons. The average Bonchev–Trinajstić information content (AvgIpc) is 2.65. The minimum Gasteiger partial charge on any atom is -0.481 e. The van der Waals surface area contributed by atoms with E-state index in [2.05, 4.69) is 0 Å². The Morgan fingerprint density at radius 1 is 1.00 bits per heavy atom. The van der Waals surface area contributed by atoms with Crippen molar-refractivity contribution in [3.05, 3.63) is 11.6 Å². The first kappa shape index (κ1) is 25.5. The Bertz CT molecular complexity index is 740. The van der Waals surface area contributed by atoms with Gasteiger partial charge in [-0.25, -0.2) is 0 Å². The van der Waals surface area contributed by atoms with Crippen molar-refractivity contribution in [1.82, 2.24) is 5.32 Å². The molecule has 12 nitrogen and oxygen atoms in total. The van der Waals surface area contributed by atoms with Gasteiger partial charge < -0.3 is 21.3 Å². The fraction of sp³-hybridized carbons (Fsp3) is 0.412. The number of aliphatic carboxylic acids is 2. The highest BCUT2D eigenvalue weighted by atomic mass is 16.4. The van der Waals surface area contributed by atoms with E-state index in [4.69, 9.17) is 15.9 Å². The van der Waals surface area contributed by atoms with Crippen molar-refractivity contribution in [3.63, 3.8) is 0 Å². The number of nitrogens with two attached hydrogens (primary N) is 1. The van der Waals surface area contributed by atoms with Crippen LogP contribution in [-0.4, -0.2) is 70.1 Å². The van der Waals surface area contributed by atoms with E-state index in [1.807, 2.05) is 5.32 Å². The maximum atomic E-state index is 12.4. The van der Waals surface area contributed by atoms with E-state index >= 15 is 0 Å². The molecular weight excluding hydrogens is 392 g/mol. The number of amides is 1. The van der Waals surface area contributed by atoms with Crippen LogP contribution in [0.2, 0.25) is 0 Å². The van der Waals surface area contributed by atoms with E-state index < -0.39 is 78.5 Å². The molecule has 2 radical (unpaired) electrons. The summed E-state index contributed by atoms with van der Waals surface area (Å²) in [6, 6.07) is -3.21. The molecule has 0 aliphatic rings. The van der Waals surface area contributed by atoms with Crippen LogP contribution in [0.15, 0.2) is 11.6 Å². The maximum Gasteiger partial charge on any atom is 0.305 e. The van der Waals surface area contributed by atoms with E-state index in [9.17, 15) is 38.4 Å². The third kappa shape index (κ3) is 9.81. The summed E-state index contributed by atoms with van der Waals surface area (Å²) in [5.74, 6) is -7.43. The summed E-state index contributed by atoms with van der Waals surface area (Å²) in [5.41, 5.74) is 4.41. The number of carbonyl (C=O) groups excluding carboxylic acids is 6. The van der Waals surface area contributed by atoms with Crippen LogP contribution in [0.4, 0.5) is 0 Å². The first-order chi connectivity index (χ1) is 13.5. The van der Waals surface area contributed by atoms with Gasteiger partial charge in [-0.15, -0.1) is 0 Å². The third-order valence-electron chi connectivity index (χ3n) is 3.39. The molecule has 2 atom stereocenters. The monoisotopic (exact) mass is 410 g/mol. The van der Waals surface area contributed by atoms with Crippen LogP contribution in [0.25, 0.3) is 0 Å². The molecule has 1 amide bonds. The van der Waals surface area contributed by atoms with Crippen LogP contribution in [0.3, 0.4) is 0 Å². The van der Waals surface area contributed by atoms with Gasteiger partial charge in [0.25, 0.3) is 0 Å². The van der Waals surface area contributed by atoms with Gasteiger partial charge in [-0.05, 0) is 6.42 Å². The number of hydrogen-bond acceptors (Lipinski definition) is 9. The number of carbonyl (C=O) groups is 6. The van der Waals surface area contributed by atoms with Crippen molar-refractivity contribution in [3.8, 4) is 0 Å². The third-order valence-corrected chi connectivity index (χ3v) is 3.39. The van der Waals surface area contributed by atoms with Gasteiger partial charge in [0.15, 0.2) is 12.1 Å². The van der Waals surface area contributed by atoms with Crippen LogP contribution >= 0.6 is 0 Å². The molecule has 0 aromatic rings. The van der Waals surface area contributed by atoms with E-state index in [1.54, 1.807) is 0 Å². The van der Waals surface area contributed by atoms with E-state index in [1.165, 1.54) is 6.29 Å². The largest absolute Gasteiger partial charge is 0.481 e. The van der Waals surface area contributed by atoms with Gasteiger partial charge in [-0.1, -0.05) is 0 Å². The zero-order valence-electron chi connectivity index (χ0n) is 15.0. The molecule has 0 bridgehead atoms. The lowest BCUT2D eigenvalue weighted by Gasteiger charge is -2.19. The quantitative estimate of drug-likeness (QED) is 0.0980. The summed E-state index contributed by atoms with van der Waals surface area (Å²) < 4.78 is 0. The number of allylic oxidation sites excluding steroid dienone is 1. The van der Waals surface area contributed by atoms with Crippen molar-refractivity contribution in [2.45, 2.75) is 44.2 Å². The smallest absolute Gasteiger partial charge is 0.305 e. The number of hydrogen-bond donors (Lipinski definition) is 4. The van der Waals surface area contributed by atoms with Crippen LogP contribution < -0.4 is 11.1 Å². The average molecular weight is 410 g/mol. The predicted molar refractivity (Wildman–Crippen MR) is 92.8 cm³/mol. The molecule has 0 aromatic carbocycles. The first-order valence-electron chi connectivity index (χ1n) is 8.09. The Kier molecular flexibility index (Phi) is 11.2. The normalized spacial score (nSPS) is 12.9. The molecule has 0 spiro atoms. The fourth-order valence-electron chi connectivity index (χ4n) is 1.93. The molecule has 0 fully saturated rings. The second kappa shape index (κ2) is 12.8. The number of ketones is 3. The van der Waals surface area contributed by atoms with Gasteiger partial charge in [-0.2, -0.15) is 0 Å². The molecule has 0 unspecified atom stereocenters. The maximum absolute atomic E-state index is 12.4. The SMILES string of the molecule is N[C@@H](CC(=O)O)C(=O)N[C@@H](CCC(=O)O)C(=O)/C([C]=O)=C\C(=O)C(=O)CC[C]=O. The van der Waals surface area contributed by atoms with Gasteiger partial charge in [0.05, 0.1) is 24.1 Å². The molecule has 29 heavy (non-hydrogen) atoms. The van der Waals surface area contributed by atoms with Crippen molar-refractivity contribution in [1.29, 1.82) is 0 Å². The number of carboxylic acid groups (broad SMARTS) is 2. The lowest BCUT2D eigenvalue weighted by atomic mass is 9.98. The van der Waals surface area contributed by atoms with Gasteiger partial charge in [0.1, 0.15) is 0 Å². The second-order valence-electron chi connectivity index (χ2n) is 5.65. The molecule has 0 saturated carbocycles. The van der Waals surface area contributed by atoms with Crippen LogP contribution in [0.5, 0.6) is 0 Å². The van der Waals surface area contributed by atoms with Gasteiger partial charge >= 0.3 is 11.9 Å². The first-order valence-corrected chi connectivity index (χ1v) is 8.09. The van der Waals surface area contributed by atoms with Gasteiger partial charge in [0, 0.05) is 25.3 Å². The molecule has 0 aliphatic carbocycles. The van der Waals surface area contributed by atoms with E-state index in [0.29, 0.717) is 6.08 Å². The summed E-state index contributed by atoms with van der Waals surface area (Å²) in [4.78, 5) is 90.1. The minimum absolute atomic E-state index is 0.361. The summed E-state index contributed by atoms with van der Waals surface area (Å²) >= 11 is 0. The van der Waals surface area contributed by atoms with Crippen molar-refractivity contribution < 1.29 is 48.6 Å². The van der Waals surface area contributed by atoms with E-state index in [0.717, 1.165) is 6.29 Å². The van der Waals surface area contributed by atoms with Crippen molar-refractivity contribution >= 4 is 47.8 Å². The van der Waals surface area contributed by atoms with Crippen LogP contribution in [0, 0.1) is 0 Å². The lowest BCUT2D eigenvalue weighted by Crippen LogP contribution is -2.49. The Balaban J connectivity index is 5.52. The molecule has 0 aromatic heterocycles. The molecule has 12 heteroatoms.